The molecule has 49 valence electrons. The van der Waals surface area contributed by atoms with E-state index in [9.17, 15) is 4.79 Å². The summed E-state index contributed by atoms with van der Waals surface area (Å²) in [6.07, 6.45) is 1.46. The first kappa shape index (κ1) is 5.55. The molecule has 0 aliphatic rings. The van der Waals surface area contributed by atoms with Crippen molar-refractivity contribution in [1.82, 2.24) is 14.6 Å². The van der Waals surface area contributed by atoms with Crippen molar-refractivity contribution in [3.8, 4) is 0 Å². The van der Waals surface area contributed by atoms with Gasteiger partial charge < -0.3 is 0 Å². The highest BCUT2D eigenvalue weighted by Gasteiger charge is 1.95. The lowest BCUT2D eigenvalue weighted by atomic mass is 10.7. The minimum Gasteiger partial charge on any atom is -0.267 e. The van der Waals surface area contributed by atoms with Crippen molar-refractivity contribution >= 4 is 16.3 Å². The van der Waals surface area contributed by atoms with Crippen LogP contribution in [0.2, 0.25) is 0 Å². The Bertz CT molecular complexity index is 404. The Kier molecular flexibility index (Phi) is 1.04. The SMILES string of the molecule is O=c1ccnc2s[c]nn12. The summed E-state index contributed by atoms with van der Waals surface area (Å²) in [6.45, 7) is 0. The molecule has 2 aromatic rings. The number of nitrogens with zero attached hydrogens (tertiary/aromatic N) is 3. The van der Waals surface area contributed by atoms with Crippen molar-refractivity contribution in [3.05, 3.63) is 28.1 Å². The molecule has 0 aliphatic carbocycles. The standard InChI is InChI=1S/C5H2N3OS/c9-4-1-2-6-5-8(4)7-3-10-5/h1-2H. The van der Waals surface area contributed by atoms with Crippen LogP contribution in [0.4, 0.5) is 0 Å². The lowest BCUT2D eigenvalue weighted by molar-refractivity contribution is 0.896. The molecule has 1 radical (unpaired) electrons. The van der Waals surface area contributed by atoms with Crippen molar-refractivity contribution < 1.29 is 0 Å². The Balaban J connectivity index is 3.09. The van der Waals surface area contributed by atoms with Crippen LogP contribution in [0.25, 0.3) is 4.96 Å². The maximum absolute atomic E-state index is 10.9. The summed E-state index contributed by atoms with van der Waals surface area (Å²) in [6, 6.07) is 1.36. The highest BCUT2D eigenvalue weighted by atomic mass is 32.1. The first-order valence-corrected chi connectivity index (χ1v) is 3.40. The lowest BCUT2D eigenvalue weighted by Crippen LogP contribution is -2.11. The lowest BCUT2D eigenvalue weighted by Gasteiger charge is -1.83. The van der Waals surface area contributed by atoms with E-state index in [4.69, 9.17) is 0 Å². The molecular weight excluding hydrogens is 150 g/mol. The summed E-state index contributed by atoms with van der Waals surface area (Å²) in [7, 11) is 0. The van der Waals surface area contributed by atoms with Gasteiger partial charge in [0.15, 0.2) is 5.51 Å². The molecule has 0 aliphatic heterocycles. The van der Waals surface area contributed by atoms with E-state index in [-0.39, 0.29) is 5.56 Å². The summed E-state index contributed by atoms with van der Waals surface area (Å²) >= 11 is 1.22. The molecule has 0 aromatic carbocycles. The van der Waals surface area contributed by atoms with E-state index < -0.39 is 0 Å². The molecule has 2 aromatic heterocycles. The van der Waals surface area contributed by atoms with Gasteiger partial charge in [0.05, 0.1) is 0 Å². The maximum Gasteiger partial charge on any atom is 0.275 e. The predicted octanol–water partition coefficient (Wildman–Crippen LogP) is -0.0488. The third kappa shape index (κ3) is 0.640. The Morgan fingerprint density at radius 3 is 3.40 bits per heavy atom. The zero-order valence-electron chi connectivity index (χ0n) is 4.81. The van der Waals surface area contributed by atoms with Crippen molar-refractivity contribution in [3.63, 3.8) is 0 Å². The van der Waals surface area contributed by atoms with Crippen molar-refractivity contribution in [2.24, 2.45) is 0 Å². The first-order valence-electron chi connectivity index (χ1n) is 2.59. The van der Waals surface area contributed by atoms with Crippen LogP contribution in [0.3, 0.4) is 0 Å². The van der Waals surface area contributed by atoms with Crippen LogP contribution in [-0.4, -0.2) is 14.6 Å². The Morgan fingerprint density at radius 1 is 1.70 bits per heavy atom. The summed E-state index contributed by atoms with van der Waals surface area (Å²) in [5.41, 5.74) is 2.41. The monoisotopic (exact) mass is 152 g/mol. The van der Waals surface area contributed by atoms with Gasteiger partial charge in [0.25, 0.3) is 5.56 Å². The van der Waals surface area contributed by atoms with E-state index in [1.807, 2.05) is 0 Å². The molecule has 4 nitrogen and oxygen atoms in total. The van der Waals surface area contributed by atoms with Gasteiger partial charge in [0, 0.05) is 12.3 Å². The van der Waals surface area contributed by atoms with Gasteiger partial charge in [-0.2, -0.15) is 4.52 Å². The number of aromatic nitrogens is 3. The summed E-state index contributed by atoms with van der Waals surface area (Å²) in [5, 5.41) is 3.65. The Labute approximate surface area is 59.8 Å². The maximum atomic E-state index is 10.9. The predicted molar refractivity (Wildman–Crippen MR) is 36.0 cm³/mol. The molecule has 2 rings (SSSR count). The van der Waals surface area contributed by atoms with E-state index in [0.717, 1.165) is 0 Å². The Hall–Kier alpha value is -1.23. The average Bonchev–Trinajstić information content (AvgIpc) is 2.36. The number of fused-ring (bicyclic) bond motifs is 1. The molecule has 0 atom stereocenters. The minimum atomic E-state index is -0.164. The molecule has 0 spiro atoms. The second kappa shape index (κ2) is 1.88. The molecule has 0 saturated carbocycles. The van der Waals surface area contributed by atoms with Crippen molar-refractivity contribution in [2.45, 2.75) is 0 Å². The Morgan fingerprint density at radius 2 is 2.60 bits per heavy atom. The van der Waals surface area contributed by atoms with Crippen LogP contribution in [-0.2, 0) is 0 Å². The molecule has 0 saturated heterocycles. The van der Waals surface area contributed by atoms with Gasteiger partial charge in [-0.15, -0.1) is 5.10 Å². The third-order valence-corrected chi connectivity index (χ3v) is 1.70. The topological polar surface area (TPSA) is 47.3 Å². The molecule has 0 bridgehead atoms. The molecule has 0 unspecified atom stereocenters. The fraction of sp³-hybridized carbons (Fsp3) is 0. The largest absolute Gasteiger partial charge is 0.275 e. The number of hydrogen-bond donors (Lipinski definition) is 0. The van der Waals surface area contributed by atoms with Gasteiger partial charge in [-0.05, 0) is 0 Å². The summed E-state index contributed by atoms with van der Waals surface area (Å²) in [5.74, 6) is 0. The summed E-state index contributed by atoms with van der Waals surface area (Å²) < 4.78 is 1.21. The van der Waals surface area contributed by atoms with E-state index in [2.05, 4.69) is 15.6 Å². The van der Waals surface area contributed by atoms with Gasteiger partial charge >= 0.3 is 0 Å². The van der Waals surface area contributed by atoms with Crippen LogP contribution in [0.1, 0.15) is 0 Å². The highest BCUT2D eigenvalue weighted by molar-refractivity contribution is 7.14. The normalized spacial score (nSPS) is 10.4. The minimum absolute atomic E-state index is 0.164. The molecule has 0 amide bonds. The fourth-order valence-electron chi connectivity index (χ4n) is 0.648. The number of rotatable bonds is 0. The van der Waals surface area contributed by atoms with Crippen LogP contribution in [0.15, 0.2) is 17.1 Å². The number of hydrogen-bond acceptors (Lipinski definition) is 4. The molecule has 10 heavy (non-hydrogen) atoms. The molecule has 5 heteroatoms. The van der Waals surface area contributed by atoms with E-state index in [1.165, 1.54) is 28.1 Å². The van der Waals surface area contributed by atoms with Gasteiger partial charge in [-0.3, -0.25) is 4.79 Å². The van der Waals surface area contributed by atoms with Crippen LogP contribution >= 0.6 is 11.3 Å². The zero-order valence-corrected chi connectivity index (χ0v) is 5.63. The highest BCUT2D eigenvalue weighted by Crippen LogP contribution is 1.98. The van der Waals surface area contributed by atoms with E-state index in [0.29, 0.717) is 4.96 Å². The fourth-order valence-corrected chi connectivity index (χ4v) is 1.18. The van der Waals surface area contributed by atoms with Crippen LogP contribution in [0, 0.1) is 5.51 Å². The van der Waals surface area contributed by atoms with Crippen LogP contribution in [0.5, 0.6) is 0 Å². The van der Waals surface area contributed by atoms with Gasteiger partial charge in [0.2, 0.25) is 4.96 Å². The smallest absolute Gasteiger partial charge is 0.267 e. The second-order valence-corrected chi connectivity index (χ2v) is 2.42. The van der Waals surface area contributed by atoms with Crippen LogP contribution < -0.4 is 5.56 Å². The van der Waals surface area contributed by atoms with E-state index in [1.54, 1.807) is 0 Å². The van der Waals surface area contributed by atoms with Gasteiger partial charge in [-0.1, -0.05) is 11.3 Å². The third-order valence-electron chi connectivity index (χ3n) is 1.07. The average molecular weight is 152 g/mol. The molecular formula is C5H2N3OS. The molecule has 0 N–H and O–H groups in total. The quantitative estimate of drug-likeness (QED) is 0.531. The first-order chi connectivity index (χ1) is 4.88. The summed E-state index contributed by atoms with van der Waals surface area (Å²) in [4.78, 5) is 15.4. The van der Waals surface area contributed by atoms with Gasteiger partial charge in [-0.25, -0.2) is 4.98 Å². The molecule has 2 heterocycles. The van der Waals surface area contributed by atoms with E-state index >= 15 is 0 Å². The van der Waals surface area contributed by atoms with Crippen molar-refractivity contribution in [1.29, 1.82) is 0 Å². The van der Waals surface area contributed by atoms with Crippen molar-refractivity contribution in [2.75, 3.05) is 0 Å². The molecule has 0 fully saturated rings. The van der Waals surface area contributed by atoms with Gasteiger partial charge in [0.1, 0.15) is 0 Å². The zero-order chi connectivity index (χ0) is 6.97. The second-order valence-electron chi connectivity index (χ2n) is 1.67.